The van der Waals surface area contributed by atoms with Gasteiger partial charge in [0, 0.05) is 22.1 Å². The predicted octanol–water partition coefficient (Wildman–Crippen LogP) is 4.56. The Balaban J connectivity index is 1.85. The van der Waals surface area contributed by atoms with Crippen molar-refractivity contribution in [3.8, 4) is 5.75 Å². The van der Waals surface area contributed by atoms with Crippen molar-refractivity contribution >= 4 is 46.5 Å². The van der Waals surface area contributed by atoms with Crippen LogP contribution in [0, 0.1) is 0 Å². The SMILES string of the molecule is C=C(/C=c1/[nH]cc(C(=C)COc2cc3ccc(Cl)cc3cc2C(N)=O)c1=C)CCC. The fourth-order valence-corrected chi connectivity index (χ4v) is 3.49. The number of primary amides is 1. The molecule has 154 valence electrons. The number of H-pyrrole nitrogens is 1. The molecule has 0 atom stereocenters. The second kappa shape index (κ2) is 9.06. The molecule has 30 heavy (non-hydrogen) atoms. The van der Waals surface area contributed by atoms with Crippen LogP contribution in [0.4, 0.5) is 0 Å². The lowest BCUT2D eigenvalue weighted by molar-refractivity contribution is 0.0997. The number of allylic oxidation sites excluding steroid dienone is 1. The Morgan fingerprint density at radius 1 is 1.20 bits per heavy atom. The minimum atomic E-state index is -0.566. The monoisotopic (exact) mass is 420 g/mol. The number of benzene rings is 2. The van der Waals surface area contributed by atoms with Crippen LogP contribution < -0.4 is 21.0 Å². The largest absolute Gasteiger partial charge is 0.488 e. The van der Waals surface area contributed by atoms with E-state index in [4.69, 9.17) is 22.1 Å². The summed E-state index contributed by atoms with van der Waals surface area (Å²) in [5, 5.41) is 4.05. The molecular formula is C25H25ClN2O2. The molecule has 1 amide bonds. The molecule has 5 heteroatoms. The van der Waals surface area contributed by atoms with Gasteiger partial charge in [-0.15, -0.1) is 0 Å². The highest BCUT2D eigenvalue weighted by atomic mass is 35.5. The van der Waals surface area contributed by atoms with E-state index in [0.717, 1.165) is 50.9 Å². The highest BCUT2D eigenvalue weighted by Crippen LogP contribution is 2.28. The third-order valence-electron chi connectivity index (χ3n) is 4.89. The molecule has 0 fully saturated rings. The Morgan fingerprint density at radius 2 is 1.97 bits per heavy atom. The Bertz CT molecular complexity index is 1250. The van der Waals surface area contributed by atoms with E-state index in [-0.39, 0.29) is 6.61 Å². The predicted molar refractivity (Wildman–Crippen MR) is 126 cm³/mol. The van der Waals surface area contributed by atoms with Crippen molar-refractivity contribution < 1.29 is 9.53 Å². The summed E-state index contributed by atoms with van der Waals surface area (Å²) < 4.78 is 5.93. The molecule has 0 saturated heterocycles. The van der Waals surface area contributed by atoms with Gasteiger partial charge in [0.25, 0.3) is 5.91 Å². The zero-order chi connectivity index (χ0) is 21.8. The van der Waals surface area contributed by atoms with Crippen molar-refractivity contribution in [1.82, 2.24) is 4.98 Å². The number of fused-ring (bicyclic) bond motifs is 1. The van der Waals surface area contributed by atoms with E-state index in [1.165, 1.54) is 0 Å². The third-order valence-corrected chi connectivity index (χ3v) is 5.13. The zero-order valence-electron chi connectivity index (χ0n) is 17.1. The summed E-state index contributed by atoms with van der Waals surface area (Å²) in [6.07, 6.45) is 5.83. The molecular weight excluding hydrogens is 396 g/mol. The summed E-state index contributed by atoms with van der Waals surface area (Å²) in [6, 6.07) is 8.92. The number of aromatic amines is 1. The average Bonchev–Trinajstić information content (AvgIpc) is 3.05. The van der Waals surface area contributed by atoms with Crippen LogP contribution in [-0.4, -0.2) is 17.5 Å². The van der Waals surface area contributed by atoms with Crippen molar-refractivity contribution in [3.05, 3.63) is 82.0 Å². The normalized spacial score (nSPS) is 11.6. The summed E-state index contributed by atoms with van der Waals surface area (Å²) in [5.41, 5.74) is 8.51. The maximum Gasteiger partial charge on any atom is 0.252 e. The van der Waals surface area contributed by atoms with Gasteiger partial charge in [0.1, 0.15) is 12.4 Å². The number of rotatable bonds is 8. The van der Waals surface area contributed by atoms with Gasteiger partial charge in [0.15, 0.2) is 0 Å². The zero-order valence-corrected chi connectivity index (χ0v) is 17.8. The van der Waals surface area contributed by atoms with E-state index < -0.39 is 5.91 Å². The van der Waals surface area contributed by atoms with Crippen molar-refractivity contribution in [2.24, 2.45) is 5.73 Å². The molecule has 4 nitrogen and oxygen atoms in total. The Labute approximate surface area is 181 Å². The molecule has 0 bridgehead atoms. The molecule has 0 radical (unpaired) electrons. The number of nitrogens with one attached hydrogen (secondary N) is 1. The molecule has 0 spiro atoms. The first-order valence-corrected chi connectivity index (χ1v) is 10.1. The van der Waals surface area contributed by atoms with Gasteiger partial charge in [-0.25, -0.2) is 0 Å². The van der Waals surface area contributed by atoms with E-state index in [1.54, 1.807) is 24.3 Å². The lowest BCUT2D eigenvalue weighted by Gasteiger charge is -2.12. The molecule has 1 heterocycles. The molecule has 1 aromatic heterocycles. The van der Waals surface area contributed by atoms with E-state index in [1.807, 2.05) is 18.3 Å². The van der Waals surface area contributed by atoms with E-state index in [2.05, 4.69) is 31.6 Å². The number of aromatic nitrogens is 1. The highest BCUT2D eigenvalue weighted by Gasteiger charge is 2.13. The van der Waals surface area contributed by atoms with Gasteiger partial charge >= 0.3 is 0 Å². The minimum absolute atomic E-state index is 0.190. The summed E-state index contributed by atoms with van der Waals surface area (Å²) in [6.45, 7) is 14.7. The maximum atomic E-state index is 11.9. The van der Waals surface area contributed by atoms with Gasteiger partial charge in [-0.1, -0.05) is 56.3 Å². The average molecular weight is 421 g/mol. The lowest BCUT2D eigenvalue weighted by atomic mass is 10.1. The molecule has 2 aromatic carbocycles. The Morgan fingerprint density at radius 3 is 2.67 bits per heavy atom. The number of carbonyl (C=O) groups excluding carboxylic acids is 1. The fourth-order valence-electron chi connectivity index (χ4n) is 3.31. The van der Waals surface area contributed by atoms with Crippen LogP contribution >= 0.6 is 11.6 Å². The van der Waals surface area contributed by atoms with Crippen molar-refractivity contribution in [2.75, 3.05) is 6.61 Å². The molecule has 0 aliphatic heterocycles. The van der Waals surface area contributed by atoms with Crippen LogP contribution in [0.5, 0.6) is 5.75 Å². The van der Waals surface area contributed by atoms with Gasteiger partial charge < -0.3 is 15.5 Å². The smallest absolute Gasteiger partial charge is 0.252 e. The number of ether oxygens (including phenoxy) is 1. The summed E-state index contributed by atoms with van der Waals surface area (Å²) in [7, 11) is 0. The molecule has 0 saturated carbocycles. The van der Waals surface area contributed by atoms with Crippen LogP contribution in [0.15, 0.2) is 55.3 Å². The van der Waals surface area contributed by atoms with Gasteiger partial charge in [0.05, 0.1) is 5.56 Å². The molecule has 0 unspecified atom stereocenters. The van der Waals surface area contributed by atoms with Gasteiger partial charge in [0.2, 0.25) is 0 Å². The highest BCUT2D eigenvalue weighted by molar-refractivity contribution is 6.31. The number of hydrogen-bond acceptors (Lipinski definition) is 2. The van der Waals surface area contributed by atoms with Crippen molar-refractivity contribution in [2.45, 2.75) is 19.8 Å². The lowest BCUT2D eigenvalue weighted by Crippen LogP contribution is -2.24. The number of amides is 1. The van der Waals surface area contributed by atoms with Gasteiger partial charge in [-0.05, 0) is 58.3 Å². The quantitative estimate of drug-likeness (QED) is 0.561. The summed E-state index contributed by atoms with van der Waals surface area (Å²) >= 11 is 6.05. The molecule has 0 aliphatic carbocycles. The van der Waals surface area contributed by atoms with Crippen LogP contribution in [0.1, 0.15) is 35.7 Å². The molecule has 3 rings (SSSR count). The van der Waals surface area contributed by atoms with Gasteiger partial charge in [-0.3, -0.25) is 4.79 Å². The van der Waals surface area contributed by atoms with Crippen LogP contribution in [-0.2, 0) is 0 Å². The first-order valence-electron chi connectivity index (χ1n) is 9.70. The third kappa shape index (κ3) is 4.66. The second-order valence-electron chi connectivity index (χ2n) is 7.24. The van der Waals surface area contributed by atoms with E-state index >= 15 is 0 Å². The molecule has 3 N–H and O–H groups in total. The van der Waals surface area contributed by atoms with Crippen LogP contribution in [0.2, 0.25) is 5.02 Å². The van der Waals surface area contributed by atoms with Gasteiger partial charge in [-0.2, -0.15) is 0 Å². The standard InChI is InChI=1S/C25H25ClN2O2/c1-5-6-15(2)9-23-17(4)22(13-28-23)16(3)14-30-24-12-18-7-8-20(26)10-19(18)11-21(24)25(27)29/h7-13,28H,2-6,14H2,1H3,(H2,27,29)/b23-9+. The maximum absolute atomic E-state index is 11.9. The number of halogens is 1. The first kappa shape index (κ1) is 21.5. The number of hydrogen-bond donors (Lipinski definition) is 2. The minimum Gasteiger partial charge on any atom is -0.488 e. The number of carbonyl (C=O) groups is 1. The topological polar surface area (TPSA) is 68.1 Å². The Kier molecular flexibility index (Phi) is 6.48. The first-order chi connectivity index (χ1) is 14.3. The van der Waals surface area contributed by atoms with Crippen LogP contribution in [0.25, 0.3) is 29.0 Å². The Hall–Kier alpha value is -3.24. The summed E-state index contributed by atoms with van der Waals surface area (Å²) in [4.78, 5) is 15.2. The fraction of sp³-hybridized carbons (Fsp3) is 0.160. The number of nitrogens with two attached hydrogens (primary N) is 1. The molecule has 3 aromatic rings. The summed E-state index contributed by atoms with van der Waals surface area (Å²) in [5.74, 6) is -0.161. The van der Waals surface area contributed by atoms with Crippen molar-refractivity contribution in [3.63, 3.8) is 0 Å². The van der Waals surface area contributed by atoms with Crippen molar-refractivity contribution in [1.29, 1.82) is 0 Å². The molecule has 0 aliphatic rings. The van der Waals surface area contributed by atoms with E-state index in [9.17, 15) is 4.79 Å². The van der Waals surface area contributed by atoms with Crippen LogP contribution in [0.3, 0.4) is 0 Å². The second-order valence-corrected chi connectivity index (χ2v) is 7.68. The van der Waals surface area contributed by atoms with E-state index in [0.29, 0.717) is 16.3 Å².